The number of fused-ring (bicyclic) bond motifs is 2. The van der Waals surface area contributed by atoms with Crippen LogP contribution in [0, 0.1) is 0 Å². The maximum atomic E-state index is 13.5. The van der Waals surface area contributed by atoms with Crippen LogP contribution in [0.4, 0.5) is 0 Å². The number of carbonyl (C=O) groups is 2. The Morgan fingerprint density at radius 2 is 1.77 bits per heavy atom. The Morgan fingerprint density at radius 3 is 2.49 bits per heavy atom. The van der Waals surface area contributed by atoms with Crippen LogP contribution in [0.5, 0.6) is 11.5 Å². The predicted molar refractivity (Wildman–Crippen MR) is 137 cm³/mol. The van der Waals surface area contributed by atoms with Gasteiger partial charge in [-0.2, -0.15) is 0 Å². The Morgan fingerprint density at radius 1 is 1.03 bits per heavy atom. The molecule has 0 N–H and O–H groups in total. The van der Waals surface area contributed by atoms with Crippen molar-refractivity contribution >= 4 is 38.6 Å². The Labute approximate surface area is 211 Å². The smallest absolute Gasteiger partial charge is 0.259 e. The van der Waals surface area contributed by atoms with Crippen LogP contribution in [-0.2, 0) is 11.2 Å². The van der Waals surface area contributed by atoms with Crippen molar-refractivity contribution in [3.8, 4) is 22.6 Å². The number of ether oxygens (including phenoxy) is 2. The van der Waals surface area contributed by atoms with Crippen molar-refractivity contribution in [2.45, 2.75) is 12.8 Å². The number of hydrogen-bond donors (Lipinski definition) is 0. The lowest BCUT2D eigenvalue weighted by Gasteiger charge is -2.16. The second kappa shape index (κ2) is 9.58. The molecule has 178 valence electrons. The summed E-state index contributed by atoms with van der Waals surface area (Å²) in [5.41, 5.74) is 3.81. The molecule has 0 bridgehead atoms. The largest absolute Gasteiger partial charge is 0.493 e. The summed E-state index contributed by atoms with van der Waals surface area (Å²) in [5, 5.41) is 0.867. The fourth-order valence-electron chi connectivity index (χ4n) is 4.11. The Bertz CT molecular complexity index is 1400. The molecular weight excluding hydrogens is 510 g/mol. The monoisotopic (exact) mass is 533 g/mol. The van der Waals surface area contributed by atoms with E-state index in [1.807, 2.05) is 30.3 Å². The maximum absolute atomic E-state index is 13.5. The molecule has 1 aliphatic rings. The first kappa shape index (κ1) is 23.2. The molecule has 5 rings (SSSR count). The van der Waals surface area contributed by atoms with Crippen molar-refractivity contribution in [1.29, 1.82) is 0 Å². The van der Waals surface area contributed by atoms with Crippen LogP contribution in [0.15, 0.2) is 69.6 Å². The minimum Gasteiger partial charge on any atom is -0.493 e. The molecule has 0 atom stereocenters. The third kappa shape index (κ3) is 4.68. The van der Waals surface area contributed by atoms with E-state index in [0.29, 0.717) is 23.5 Å². The Kier molecular flexibility index (Phi) is 6.34. The highest BCUT2D eigenvalue weighted by atomic mass is 79.9. The molecule has 0 fully saturated rings. The van der Waals surface area contributed by atoms with E-state index in [9.17, 15) is 9.59 Å². The number of hydrogen-bond acceptors (Lipinski definition) is 5. The lowest BCUT2D eigenvalue weighted by Crippen LogP contribution is -2.27. The molecule has 0 spiro atoms. The van der Waals surface area contributed by atoms with Gasteiger partial charge in [0, 0.05) is 41.1 Å². The first-order valence-corrected chi connectivity index (χ1v) is 12.2. The SMILES string of the molecule is CN(C)C(=O)COc1ccc(-c2c(C(=O)c3ccc(Br)cc3)oc3cc4c(cc23)CCCO4)cc1. The first-order chi connectivity index (χ1) is 16.9. The van der Waals surface area contributed by atoms with Crippen molar-refractivity contribution in [2.24, 2.45) is 0 Å². The van der Waals surface area contributed by atoms with E-state index in [2.05, 4.69) is 22.0 Å². The van der Waals surface area contributed by atoms with E-state index < -0.39 is 0 Å². The van der Waals surface area contributed by atoms with Gasteiger partial charge in [0.05, 0.1) is 6.61 Å². The molecule has 0 unspecified atom stereocenters. The number of rotatable bonds is 6. The minimum absolute atomic E-state index is 0.0412. The van der Waals surface area contributed by atoms with Gasteiger partial charge in [0.1, 0.15) is 17.1 Å². The fraction of sp³-hybridized carbons (Fsp3) is 0.214. The number of furan rings is 1. The average molecular weight is 534 g/mol. The first-order valence-electron chi connectivity index (χ1n) is 11.4. The molecule has 35 heavy (non-hydrogen) atoms. The van der Waals surface area contributed by atoms with Crippen LogP contribution in [0.25, 0.3) is 22.1 Å². The standard InChI is InChI=1S/C28H24BrNO5/c1-30(2)25(31)16-34-21-11-7-17(8-12-21)26-22-14-19-4-3-13-33-23(19)15-24(22)35-28(26)27(32)18-5-9-20(29)10-6-18/h5-12,14-15H,3-4,13,16H2,1-2H3. The average Bonchev–Trinajstić information content (AvgIpc) is 3.24. The minimum atomic E-state index is -0.195. The third-order valence-electron chi connectivity index (χ3n) is 6.04. The number of ketones is 1. The van der Waals surface area contributed by atoms with E-state index in [1.165, 1.54) is 4.90 Å². The lowest BCUT2D eigenvalue weighted by atomic mass is 9.95. The summed E-state index contributed by atoms with van der Waals surface area (Å²) in [6, 6.07) is 18.5. The van der Waals surface area contributed by atoms with Gasteiger partial charge < -0.3 is 18.8 Å². The normalized spacial score (nSPS) is 12.7. The Hall–Kier alpha value is -3.58. The zero-order valence-electron chi connectivity index (χ0n) is 19.5. The van der Waals surface area contributed by atoms with Crippen molar-refractivity contribution in [1.82, 2.24) is 4.90 Å². The van der Waals surface area contributed by atoms with Crippen molar-refractivity contribution in [3.63, 3.8) is 0 Å². The second-order valence-corrected chi connectivity index (χ2v) is 9.57. The van der Waals surface area contributed by atoms with Crippen LogP contribution in [0.1, 0.15) is 28.1 Å². The number of aryl methyl sites for hydroxylation is 1. The summed E-state index contributed by atoms with van der Waals surface area (Å²) in [4.78, 5) is 26.9. The molecule has 1 aromatic heterocycles. The van der Waals surface area contributed by atoms with Gasteiger partial charge in [-0.1, -0.05) is 28.1 Å². The molecule has 4 aromatic rings. The van der Waals surface area contributed by atoms with Crippen LogP contribution < -0.4 is 9.47 Å². The topological polar surface area (TPSA) is 69.0 Å². The van der Waals surface area contributed by atoms with Gasteiger partial charge in [-0.05, 0) is 66.4 Å². The number of nitrogens with zero attached hydrogens (tertiary/aromatic N) is 1. The van der Waals surface area contributed by atoms with Gasteiger partial charge in [-0.15, -0.1) is 0 Å². The summed E-state index contributed by atoms with van der Waals surface area (Å²) in [6.07, 6.45) is 1.87. The lowest BCUT2D eigenvalue weighted by molar-refractivity contribution is -0.130. The quantitative estimate of drug-likeness (QED) is 0.289. The predicted octanol–water partition coefficient (Wildman–Crippen LogP) is 5.89. The highest BCUT2D eigenvalue weighted by molar-refractivity contribution is 9.10. The highest BCUT2D eigenvalue weighted by Crippen LogP contribution is 2.40. The number of amides is 1. The third-order valence-corrected chi connectivity index (χ3v) is 6.56. The van der Waals surface area contributed by atoms with Crippen LogP contribution >= 0.6 is 15.9 Å². The summed E-state index contributed by atoms with van der Waals surface area (Å²) >= 11 is 3.42. The van der Waals surface area contributed by atoms with Crippen molar-refractivity contribution in [2.75, 3.05) is 27.3 Å². The van der Waals surface area contributed by atoms with E-state index in [-0.39, 0.29) is 24.1 Å². The number of carbonyl (C=O) groups excluding carboxylic acids is 2. The molecule has 2 heterocycles. The molecule has 0 saturated carbocycles. The van der Waals surface area contributed by atoms with Gasteiger partial charge in [0.2, 0.25) is 5.78 Å². The van der Waals surface area contributed by atoms with E-state index in [4.69, 9.17) is 13.9 Å². The Balaban J connectivity index is 1.58. The molecular formula is C28H24BrNO5. The van der Waals surface area contributed by atoms with E-state index >= 15 is 0 Å². The molecule has 6 nitrogen and oxygen atoms in total. The van der Waals surface area contributed by atoms with Crippen LogP contribution in [-0.4, -0.2) is 43.9 Å². The van der Waals surface area contributed by atoms with Crippen LogP contribution in [0.2, 0.25) is 0 Å². The summed E-state index contributed by atoms with van der Waals surface area (Å²) < 4.78 is 18.5. The van der Waals surface area contributed by atoms with E-state index in [1.54, 1.807) is 38.4 Å². The molecule has 3 aromatic carbocycles. The van der Waals surface area contributed by atoms with Gasteiger partial charge in [0.15, 0.2) is 12.4 Å². The molecule has 7 heteroatoms. The maximum Gasteiger partial charge on any atom is 0.259 e. The highest BCUT2D eigenvalue weighted by Gasteiger charge is 2.25. The van der Waals surface area contributed by atoms with Crippen LogP contribution in [0.3, 0.4) is 0 Å². The fourth-order valence-corrected chi connectivity index (χ4v) is 4.38. The summed E-state index contributed by atoms with van der Waals surface area (Å²) in [5.74, 6) is 1.34. The second-order valence-electron chi connectivity index (χ2n) is 8.65. The van der Waals surface area contributed by atoms with Gasteiger partial charge in [-0.3, -0.25) is 9.59 Å². The molecule has 1 amide bonds. The number of halogens is 1. The molecule has 0 aliphatic carbocycles. The van der Waals surface area contributed by atoms with E-state index in [0.717, 1.165) is 45.1 Å². The van der Waals surface area contributed by atoms with Gasteiger partial charge >= 0.3 is 0 Å². The zero-order chi connectivity index (χ0) is 24.5. The molecule has 1 aliphatic heterocycles. The van der Waals surface area contributed by atoms with Gasteiger partial charge in [-0.25, -0.2) is 0 Å². The number of likely N-dealkylation sites (N-methyl/N-ethyl adjacent to an activating group) is 1. The summed E-state index contributed by atoms with van der Waals surface area (Å²) in [7, 11) is 3.37. The molecule has 0 radical (unpaired) electrons. The van der Waals surface area contributed by atoms with Crippen molar-refractivity contribution < 1.29 is 23.5 Å². The number of benzene rings is 3. The van der Waals surface area contributed by atoms with Crippen molar-refractivity contribution in [3.05, 3.63) is 82.0 Å². The molecule has 0 saturated heterocycles. The zero-order valence-corrected chi connectivity index (χ0v) is 21.1. The van der Waals surface area contributed by atoms with Gasteiger partial charge in [0.25, 0.3) is 5.91 Å². The summed E-state index contributed by atoms with van der Waals surface area (Å²) in [6.45, 7) is 0.634.